The first-order valence-corrected chi connectivity index (χ1v) is 11.4. The maximum Gasteiger partial charge on any atom is 0.306 e. The number of carboxylic acid groups (broad SMARTS) is 1. The van der Waals surface area contributed by atoms with E-state index in [-0.39, 0.29) is 23.2 Å². The summed E-state index contributed by atoms with van der Waals surface area (Å²) in [5, 5.41) is 12.1. The van der Waals surface area contributed by atoms with Crippen LogP contribution >= 0.6 is 0 Å². The monoisotopic (exact) mass is 446 g/mol. The number of hydrogen-bond donors (Lipinski definition) is 2. The van der Waals surface area contributed by atoms with Crippen molar-refractivity contribution >= 4 is 17.6 Å². The Morgan fingerprint density at radius 1 is 0.970 bits per heavy atom. The summed E-state index contributed by atoms with van der Waals surface area (Å²) >= 11 is 0. The molecule has 2 aromatic carbocycles. The standard InChI is InChI=1S/C27H30N2O4/c1-27(2,3)21-12-8-18(9-13-21)24(30)29-22-14-10-17(11-15-22)23-16-28-25(33-23)19-4-6-20(7-5-19)26(31)32/h8-16,19-20H,4-7H2,1-3H3,(H,29,30)(H,31,32). The Hall–Kier alpha value is -3.41. The van der Waals surface area contributed by atoms with Gasteiger partial charge in [0.2, 0.25) is 0 Å². The molecule has 0 radical (unpaired) electrons. The highest BCUT2D eigenvalue weighted by Crippen LogP contribution is 2.36. The van der Waals surface area contributed by atoms with E-state index in [0.717, 1.165) is 18.4 Å². The van der Waals surface area contributed by atoms with Gasteiger partial charge < -0.3 is 14.8 Å². The number of anilines is 1. The molecular weight excluding hydrogens is 416 g/mol. The lowest BCUT2D eigenvalue weighted by Crippen LogP contribution is -2.20. The number of carbonyl (C=O) groups excluding carboxylic acids is 1. The number of aliphatic carboxylic acids is 1. The van der Waals surface area contributed by atoms with E-state index in [1.807, 2.05) is 48.5 Å². The van der Waals surface area contributed by atoms with Crippen LogP contribution in [-0.4, -0.2) is 22.0 Å². The largest absolute Gasteiger partial charge is 0.481 e. The van der Waals surface area contributed by atoms with Gasteiger partial charge in [-0.15, -0.1) is 0 Å². The lowest BCUT2D eigenvalue weighted by molar-refractivity contribution is -0.142. The molecule has 0 unspecified atom stereocenters. The Labute approximate surface area is 194 Å². The van der Waals surface area contributed by atoms with Gasteiger partial charge in [0.25, 0.3) is 5.91 Å². The molecule has 172 valence electrons. The number of nitrogens with one attached hydrogen (secondary N) is 1. The highest BCUT2D eigenvalue weighted by atomic mass is 16.4. The number of aromatic nitrogens is 1. The van der Waals surface area contributed by atoms with E-state index >= 15 is 0 Å². The Bertz CT molecular complexity index is 1120. The maximum absolute atomic E-state index is 12.6. The molecule has 6 nitrogen and oxygen atoms in total. The van der Waals surface area contributed by atoms with Crippen LogP contribution in [0.4, 0.5) is 5.69 Å². The Morgan fingerprint density at radius 2 is 1.61 bits per heavy atom. The van der Waals surface area contributed by atoms with Crippen molar-refractivity contribution < 1.29 is 19.1 Å². The number of rotatable bonds is 5. The number of carboxylic acids is 1. The summed E-state index contributed by atoms with van der Waals surface area (Å²) in [5.74, 6) is 0.385. The summed E-state index contributed by atoms with van der Waals surface area (Å²) in [6, 6.07) is 15.2. The molecule has 0 aliphatic heterocycles. The van der Waals surface area contributed by atoms with Gasteiger partial charge in [-0.05, 0) is 73.1 Å². The third-order valence-electron chi connectivity index (χ3n) is 6.39. The fraction of sp³-hybridized carbons (Fsp3) is 0.370. The van der Waals surface area contributed by atoms with Crippen LogP contribution in [0.5, 0.6) is 0 Å². The minimum absolute atomic E-state index is 0.0449. The topological polar surface area (TPSA) is 92.4 Å². The van der Waals surface area contributed by atoms with Gasteiger partial charge in [0.15, 0.2) is 11.7 Å². The van der Waals surface area contributed by atoms with Crippen LogP contribution in [0.1, 0.15) is 74.2 Å². The van der Waals surface area contributed by atoms with Crippen LogP contribution in [0.15, 0.2) is 59.1 Å². The molecule has 1 aliphatic carbocycles. The van der Waals surface area contributed by atoms with Crippen molar-refractivity contribution in [2.24, 2.45) is 5.92 Å². The summed E-state index contributed by atoms with van der Waals surface area (Å²) in [6.45, 7) is 6.43. The zero-order valence-corrected chi connectivity index (χ0v) is 19.3. The fourth-order valence-electron chi connectivity index (χ4n) is 4.24. The van der Waals surface area contributed by atoms with Gasteiger partial charge in [-0.1, -0.05) is 32.9 Å². The summed E-state index contributed by atoms with van der Waals surface area (Å²) in [5.41, 5.74) is 3.42. The van der Waals surface area contributed by atoms with E-state index in [2.05, 4.69) is 31.1 Å². The molecule has 1 aliphatic rings. The van der Waals surface area contributed by atoms with Gasteiger partial charge in [0.1, 0.15) is 0 Å². The molecule has 1 fully saturated rings. The maximum atomic E-state index is 12.6. The van der Waals surface area contributed by atoms with Crippen molar-refractivity contribution in [3.63, 3.8) is 0 Å². The summed E-state index contributed by atoms with van der Waals surface area (Å²) < 4.78 is 5.99. The van der Waals surface area contributed by atoms with Crippen LogP contribution < -0.4 is 5.32 Å². The van der Waals surface area contributed by atoms with Gasteiger partial charge >= 0.3 is 5.97 Å². The van der Waals surface area contributed by atoms with Crippen molar-refractivity contribution in [2.45, 2.75) is 57.8 Å². The summed E-state index contributed by atoms with van der Waals surface area (Å²) in [4.78, 5) is 28.2. The number of oxazole rings is 1. The molecule has 0 spiro atoms. The molecule has 1 amide bonds. The summed E-state index contributed by atoms with van der Waals surface area (Å²) in [6.07, 6.45) is 4.58. The fourth-order valence-corrected chi connectivity index (χ4v) is 4.24. The molecule has 0 bridgehead atoms. The lowest BCUT2D eigenvalue weighted by atomic mass is 9.82. The van der Waals surface area contributed by atoms with Crippen LogP contribution in [0, 0.1) is 5.92 Å². The second-order valence-electron chi connectivity index (χ2n) is 9.81. The molecule has 33 heavy (non-hydrogen) atoms. The van der Waals surface area contributed by atoms with E-state index in [1.54, 1.807) is 6.20 Å². The number of amides is 1. The Kier molecular flexibility index (Phi) is 6.36. The SMILES string of the molecule is CC(C)(C)c1ccc(C(=O)Nc2ccc(-c3cnc(C4CCC(C(=O)O)CC4)o3)cc2)cc1. The smallest absolute Gasteiger partial charge is 0.306 e. The highest BCUT2D eigenvalue weighted by molar-refractivity contribution is 6.04. The first-order valence-electron chi connectivity index (χ1n) is 11.4. The minimum Gasteiger partial charge on any atom is -0.481 e. The van der Waals surface area contributed by atoms with Crippen LogP contribution in [0.3, 0.4) is 0 Å². The number of carbonyl (C=O) groups is 2. The van der Waals surface area contributed by atoms with Crippen LogP contribution in [0.2, 0.25) is 0 Å². The molecule has 0 atom stereocenters. The molecule has 1 heterocycles. The zero-order valence-electron chi connectivity index (χ0n) is 19.3. The van der Waals surface area contributed by atoms with Crippen molar-refractivity contribution in [3.05, 3.63) is 71.7 Å². The molecule has 6 heteroatoms. The first kappa shape index (κ1) is 22.8. The molecule has 0 saturated heterocycles. The highest BCUT2D eigenvalue weighted by Gasteiger charge is 2.29. The van der Waals surface area contributed by atoms with Gasteiger partial charge in [-0.25, -0.2) is 4.98 Å². The van der Waals surface area contributed by atoms with Gasteiger partial charge in [0, 0.05) is 22.7 Å². The van der Waals surface area contributed by atoms with Crippen molar-refractivity contribution in [3.8, 4) is 11.3 Å². The van der Waals surface area contributed by atoms with E-state index in [9.17, 15) is 9.59 Å². The number of benzene rings is 2. The van der Waals surface area contributed by atoms with Crippen molar-refractivity contribution in [2.75, 3.05) is 5.32 Å². The molecule has 1 saturated carbocycles. The number of nitrogens with zero attached hydrogens (tertiary/aromatic N) is 1. The third-order valence-corrected chi connectivity index (χ3v) is 6.39. The molecular formula is C27H30N2O4. The zero-order chi connectivity index (χ0) is 23.6. The molecule has 1 aromatic heterocycles. The predicted molar refractivity (Wildman–Crippen MR) is 127 cm³/mol. The predicted octanol–water partition coefficient (Wildman–Crippen LogP) is 6.25. The van der Waals surface area contributed by atoms with Gasteiger partial charge in [-0.2, -0.15) is 0 Å². The quantitative estimate of drug-likeness (QED) is 0.483. The molecule has 4 rings (SSSR count). The van der Waals surface area contributed by atoms with Gasteiger partial charge in [-0.3, -0.25) is 9.59 Å². The first-order chi connectivity index (χ1) is 15.7. The lowest BCUT2D eigenvalue weighted by Gasteiger charge is -2.23. The average molecular weight is 447 g/mol. The van der Waals surface area contributed by atoms with E-state index in [1.165, 1.54) is 5.56 Å². The average Bonchev–Trinajstić information content (AvgIpc) is 3.29. The normalized spacial score (nSPS) is 18.6. The van der Waals surface area contributed by atoms with Crippen molar-refractivity contribution in [1.29, 1.82) is 0 Å². The van der Waals surface area contributed by atoms with Crippen LogP contribution in [-0.2, 0) is 10.2 Å². The van der Waals surface area contributed by atoms with Crippen LogP contribution in [0.25, 0.3) is 11.3 Å². The van der Waals surface area contributed by atoms with Gasteiger partial charge in [0.05, 0.1) is 12.1 Å². The summed E-state index contributed by atoms with van der Waals surface area (Å²) in [7, 11) is 0. The second-order valence-corrected chi connectivity index (χ2v) is 9.81. The minimum atomic E-state index is -0.712. The molecule has 2 N–H and O–H groups in total. The molecule has 3 aromatic rings. The Balaban J connectivity index is 1.38. The van der Waals surface area contributed by atoms with Crippen molar-refractivity contribution in [1.82, 2.24) is 4.98 Å². The van der Waals surface area contributed by atoms with E-state index < -0.39 is 5.97 Å². The number of hydrogen-bond acceptors (Lipinski definition) is 4. The Morgan fingerprint density at radius 3 is 2.18 bits per heavy atom. The second kappa shape index (κ2) is 9.22. The van der Waals surface area contributed by atoms with E-state index in [0.29, 0.717) is 35.7 Å². The third kappa shape index (κ3) is 5.33. The van der Waals surface area contributed by atoms with E-state index in [4.69, 9.17) is 9.52 Å².